The Labute approximate surface area is 126 Å². The lowest BCUT2D eigenvalue weighted by Gasteiger charge is -2.27. The van der Waals surface area contributed by atoms with E-state index in [9.17, 15) is 8.42 Å². The Hall–Kier alpha value is -0.720. The number of nitrogen functional groups attached to an aromatic ring is 1. The molecule has 0 bridgehead atoms. The molecule has 1 aromatic carbocycles. The number of benzene rings is 1. The van der Waals surface area contributed by atoms with E-state index in [1.54, 1.807) is 24.9 Å². The average molecular weight is 316 g/mol. The van der Waals surface area contributed by atoms with Gasteiger partial charge in [-0.1, -0.05) is 13.0 Å². The maximum atomic E-state index is 12.8. The zero-order valence-electron chi connectivity index (χ0n) is 12.8. The molecule has 0 saturated carbocycles. The van der Waals surface area contributed by atoms with Gasteiger partial charge in [-0.3, -0.25) is 0 Å². The van der Waals surface area contributed by atoms with Gasteiger partial charge in [0.1, 0.15) is 4.90 Å². The van der Waals surface area contributed by atoms with Crippen LogP contribution in [0.3, 0.4) is 0 Å². The molecular formula is C14H24N2O2S2. The van der Waals surface area contributed by atoms with Crippen LogP contribution in [0, 0.1) is 13.8 Å². The Morgan fingerprint density at radius 1 is 1.35 bits per heavy atom. The lowest BCUT2D eigenvalue weighted by atomic mass is 10.1. The first-order chi connectivity index (χ1) is 9.27. The molecule has 4 nitrogen and oxygen atoms in total. The van der Waals surface area contributed by atoms with Crippen molar-refractivity contribution in [3.8, 4) is 0 Å². The molecule has 0 aliphatic rings. The maximum absolute atomic E-state index is 12.8. The van der Waals surface area contributed by atoms with Crippen molar-refractivity contribution in [3.63, 3.8) is 0 Å². The molecule has 20 heavy (non-hydrogen) atoms. The summed E-state index contributed by atoms with van der Waals surface area (Å²) in [6.07, 6.45) is 2.76. The van der Waals surface area contributed by atoms with Gasteiger partial charge in [0.25, 0.3) is 0 Å². The summed E-state index contributed by atoms with van der Waals surface area (Å²) >= 11 is 1.65. The highest BCUT2D eigenvalue weighted by Gasteiger charge is 2.30. The molecule has 1 unspecified atom stereocenters. The van der Waals surface area contributed by atoms with Crippen LogP contribution in [-0.2, 0) is 10.0 Å². The summed E-state index contributed by atoms with van der Waals surface area (Å²) in [6, 6.07) is 3.50. The number of nitrogens with two attached hydrogens (primary N) is 1. The van der Waals surface area contributed by atoms with Crippen molar-refractivity contribution in [1.29, 1.82) is 0 Å². The number of thioether (sulfide) groups is 1. The van der Waals surface area contributed by atoms with Gasteiger partial charge < -0.3 is 5.73 Å². The summed E-state index contributed by atoms with van der Waals surface area (Å²) in [5.74, 6) is 0.775. The van der Waals surface area contributed by atoms with Crippen molar-refractivity contribution < 1.29 is 8.42 Å². The molecule has 1 atom stereocenters. The number of rotatable bonds is 6. The van der Waals surface area contributed by atoms with Crippen LogP contribution in [0.25, 0.3) is 0 Å². The standard InChI is InChI=1S/C14H24N2O2S2/c1-6-12(9-19-5)16(4)20(17,18)14-11(3)10(2)7-8-13(14)15/h7-8,12H,6,9,15H2,1-5H3. The van der Waals surface area contributed by atoms with Crippen LogP contribution in [0.2, 0.25) is 0 Å². The van der Waals surface area contributed by atoms with Crippen LogP contribution in [-0.4, -0.2) is 37.8 Å². The van der Waals surface area contributed by atoms with E-state index >= 15 is 0 Å². The molecule has 0 radical (unpaired) electrons. The quantitative estimate of drug-likeness (QED) is 0.820. The predicted molar refractivity (Wildman–Crippen MR) is 87.7 cm³/mol. The Morgan fingerprint density at radius 3 is 2.45 bits per heavy atom. The number of anilines is 1. The molecular weight excluding hydrogens is 292 g/mol. The number of hydrogen-bond acceptors (Lipinski definition) is 4. The van der Waals surface area contributed by atoms with Crippen molar-refractivity contribution >= 4 is 27.5 Å². The fraction of sp³-hybridized carbons (Fsp3) is 0.571. The second-order valence-electron chi connectivity index (χ2n) is 4.96. The number of nitrogens with zero attached hydrogens (tertiary/aromatic N) is 1. The molecule has 0 amide bonds. The van der Waals surface area contributed by atoms with Crippen LogP contribution < -0.4 is 5.73 Å². The molecule has 1 rings (SSSR count). The molecule has 0 fully saturated rings. The monoisotopic (exact) mass is 316 g/mol. The summed E-state index contributed by atoms with van der Waals surface area (Å²) in [7, 11) is -1.92. The van der Waals surface area contributed by atoms with E-state index in [2.05, 4.69) is 0 Å². The lowest BCUT2D eigenvalue weighted by Crippen LogP contribution is -2.38. The highest BCUT2D eigenvalue weighted by atomic mass is 32.2. The second-order valence-corrected chi connectivity index (χ2v) is 7.81. The summed E-state index contributed by atoms with van der Waals surface area (Å²) in [5.41, 5.74) is 7.90. The average Bonchev–Trinajstić information content (AvgIpc) is 2.39. The maximum Gasteiger partial charge on any atom is 0.245 e. The molecule has 0 heterocycles. The van der Waals surface area contributed by atoms with Crippen LogP contribution in [0.5, 0.6) is 0 Å². The summed E-state index contributed by atoms with van der Waals surface area (Å²) in [6.45, 7) is 5.70. The summed E-state index contributed by atoms with van der Waals surface area (Å²) in [5, 5.41) is 0. The molecule has 114 valence electrons. The van der Waals surface area contributed by atoms with E-state index in [1.807, 2.05) is 33.1 Å². The van der Waals surface area contributed by atoms with Gasteiger partial charge in [0.2, 0.25) is 10.0 Å². The number of hydrogen-bond donors (Lipinski definition) is 1. The van der Waals surface area contributed by atoms with Crippen molar-refractivity contribution in [3.05, 3.63) is 23.3 Å². The van der Waals surface area contributed by atoms with Gasteiger partial charge in [-0.05, 0) is 43.7 Å². The van der Waals surface area contributed by atoms with E-state index in [0.29, 0.717) is 5.69 Å². The highest BCUT2D eigenvalue weighted by Crippen LogP contribution is 2.29. The Bertz CT molecular complexity index is 571. The molecule has 0 saturated heterocycles. The first-order valence-corrected chi connectivity index (χ1v) is 9.43. The fourth-order valence-corrected chi connectivity index (χ4v) is 4.92. The van der Waals surface area contributed by atoms with Gasteiger partial charge in [0, 0.05) is 18.8 Å². The topological polar surface area (TPSA) is 63.4 Å². The van der Waals surface area contributed by atoms with Crippen LogP contribution in [0.4, 0.5) is 5.69 Å². The van der Waals surface area contributed by atoms with Gasteiger partial charge >= 0.3 is 0 Å². The molecule has 1 aromatic rings. The minimum absolute atomic E-state index is 0.0192. The number of sulfonamides is 1. The first kappa shape index (κ1) is 17.3. The highest BCUT2D eigenvalue weighted by molar-refractivity contribution is 7.98. The Kier molecular flexibility index (Phi) is 5.91. The van der Waals surface area contributed by atoms with Crippen LogP contribution in [0.15, 0.2) is 17.0 Å². The zero-order valence-corrected chi connectivity index (χ0v) is 14.4. The van der Waals surface area contributed by atoms with Gasteiger partial charge in [-0.25, -0.2) is 8.42 Å². The lowest BCUT2D eigenvalue weighted by molar-refractivity contribution is 0.385. The normalized spacial score (nSPS) is 13.7. The van der Waals surface area contributed by atoms with Gasteiger partial charge in [0.15, 0.2) is 0 Å². The van der Waals surface area contributed by atoms with Gasteiger partial charge in [-0.2, -0.15) is 16.1 Å². The minimum Gasteiger partial charge on any atom is -0.398 e. The Balaban J connectivity index is 3.33. The third kappa shape index (κ3) is 3.30. The van der Waals surface area contributed by atoms with Crippen molar-refractivity contribution in [2.75, 3.05) is 24.8 Å². The Morgan fingerprint density at radius 2 is 1.95 bits per heavy atom. The van der Waals surface area contributed by atoms with Crippen LogP contribution >= 0.6 is 11.8 Å². The third-order valence-corrected chi connectivity index (χ3v) is 6.52. The van der Waals surface area contributed by atoms with Crippen molar-refractivity contribution in [1.82, 2.24) is 4.31 Å². The van der Waals surface area contributed by atoms with E-state index in [1.165, 1.54) is 4.31 Å². The molecule has 0 aliphatic carbocycles. The largest absolute Gasteiger partial charge is 0.398 e. The smallest absolute Gasteiger partial charge is 0.245 e. The first-order valence-electron chi connectivity index (χ1n) is 6.60. The van der Waals surface area contributed by atoms with Crippen molar-refractivity contribution in [2.45, 2.75) is 38.1 Å². The predicted octanol–water partition coefficient (Wildman–Crippen LogP) is 2.65. The zero-order chi connectivity index (χ0) is 15.5. The fourth-order valence-electron chi connectivity index (χ4n) is 2.17. The van der Waals surface area contributed by atoms with E-state index in [0.717, 1.165) is 23.3 Å². The second kappa shape index (κ2) is 6.83. The molecule has 0 aromatic heterocycles. The SMILES string of the molecule is CCC(CSC)N(C)S(=O)(=O)c1c(N)ccc(C)c1C. The summed E-state index contributed by atoms with van der Waals surface area (Å²) in [4.78, 5) is 0.250. The van der Waals surface area contributed by atoms with Crippen LogP contribution in [0.1, 0.15) is 24.5 Å². The molecule has 6 heteroatoms. The third-order valence-electron chi connectivity index (χ3n) is 3.69. The minimum atomic E-state index is -3.56. The van der Waals surface area contributed by atoms with E-state index < -0.39 is 10.0 Å². The summed E-state index contributed by atoms with van der Waals surface area (Å²) < 4.78 is 27.1. The molecule has 0 spiro atoms. The number of aryl methyl sites for hydroxylation is 1. The van der Waals surface area contributed by atoms with Crippen molar-refractivity contribution in [2.24, 2.45) is 0 Å². The molecule has 0 aliphatic heterocycles. The van der Waals surface area contributed by atoms with E-state index in [-0.39, 0.29) is 10.9 Å². The van der Waals surface area contributed by atoms with E-state index in [4.69, 9.17) is 5.73 Å². The van der Waals surface area contributed by atoms with Gasteiger partial charge in [0.05, 0.1) is 5.69 Å². The molecule has 2 N–H and O–H groups in total. The van der Waals surface area contributed by atoms with Gasteiger partial charge in [-0.15, -0.1) is 0 Å².